The van der Waals surface area contributed by atoms with Crippen molar-refractivity contribution in [2.24, 2.45) is 5.10 Å². The molecule has 3 heterocycles. The van der Waals surface area contributed by atoms with E-state index in [1.54, 1.807) is 29.8 Å². The Labute approximate surface area is 206 Å². The number of nitrogens with zero attached hydrogens (tertiary/aromatic N) is 4. The number of carbonyl (C=O) groups is 1. The van der Waals surface area contributed by atoms with E-state index in [2.05, 4.69) is 23.8 Å². The lowest BCUT2D eigenvalue weighted by atomic mass is 9.98. The van der Waals surface area contributed by atoms with Gasteiger partial charge in [0, 0.05) is 16.7 Å². The SMILES string of the molecule is COc1ccc([C@@H]2CC(c3ccccc3)=NN2C(=O)CSc2ncnc3sc(C)c(C)c23)cc1. The molecule has 2 aromatic heterocycles. The fourth-order valence-electron chi connectivity index (χ4n) is 4.09. The van der Waals surface area contributed by atoms with E-state index in [-0.39, 0.29) is 17.7 Å². The summed E-state index contributed by atoms with van der Waals surface area (Å²) in [6.45, 7) is 4.17. The number of thioether (sulfide) groups is 1. The molecular weight excluding hydrogens is 464 g/mol. The maximum absolute atomic E-state index is 13.5. The zero-order chi connectivity index (χ0) is 23.7. The Morgan fingerprint density at radius 3 is 2.62 bits per heavy atom. The van der Waals surface area contributed by atoms with Crippen molar-refractivity contribution in [1.82, 2.24) is 15.0 Å². The van der Waals surface area contributed by atoms with Gasteiger partial charge in [-0.2, -0.15) is 5.10 Å². The highest BCUT2D eigenvalue weighted by Gasteiger charge is 2.33. The summed E-state index contributed by atoms with van der Waals surface area (Å²) < 4.78 is 5.31. The zero-order valence-corrected chi connectivity index (χ0v) is 20.8. The van der Waals surface area contributed by atoms with Crippen molar-refractivity contribution in [1.29, 1.82) is 0 Å². The molecule has 0 saturated heterocycles. The lowest BCUT2D eigenvalue weighted by Crippen LogP contribution is -2.28. The number of hydrogen-bond donors (Lipinski definition) is 0. The van der Waals surface area contributed by atoms with Crippen LogP contribution >= 0.6 is 23.1 Å². The third kappa shape index (κ3) is 4.31. The van der Waals surface area contributed by atoms with E-state index in [4.69, 9.17) is 9.84 Å². The quantitative estimate of drug-likeness (QED) is 0.254. The van der Waals surface area contributed by atoms with E-state index in [1.165, 1.54) is 22.2 Å². The average molecular weight is 489 g/mol. The molecule has 2 aromatic carbocycles. The lowest BCUT2D eigenvalue weighted by molar-refractivity contribution is -0.130. The first-order valence-electron chi connectivity index (χ1n) is 11.0. The molecule has 1 aliphatic heterocycles. The predicted octanol–water partition coefficient (Wildman–Crippen LogP) is 5.79. The lowest BCUT2D eigenvalue weighted by Gasteiger charge is -2.22. The second-order valence-corrected chi connectivity index (χ2v) is 10.2. The van der Waals surface area contributed by atoms with Gasteiger partial charge in [0.25, 0.3) is 5.91 Å². The number of carbonyl (C=O) groups excluding carboxylic acids is 1. The Morgan fingerprint density at radius 2 is 1.88 bits per heavy atom. The second kappa shape index (κ2) is 9.56. The van der Waals surface area contributed by atoms with Gasteiger partial charge in [0.15, 0.2) is 0 Å². The van der Waals surface area contributed by atoms with Gasteiger partial charge in [-0.3, -0.25) is 4.79 Å². The van der Waals surface area contributed by atoms with Gasteiger partial charge >= 0.3 is 0 Å². The summed E-state index contributed by atoms with van der Waals surface area (Å²) in [5.74, 6) is 0.986. The minimum atomic E-state index is -0.162. The summed E-state index contributed by atoms with van der Waals surface area (Å²) in [6.07, 6.45) is 2.24. The van der Waals surface area contributed by atoms with Crippen LogP contribution in [0.5, 0.6) is 5.75 Å². The van der Waals surface area contributed by atoms with Crippen LogP contribution in [-0.4, -0.2) is 39.5 Å². The van der Waals surface area contributed by atoms with Crippen LogP contribution in [0, 0.1) is 13.8 Å². The van der Waals surface area contributed by atoms with E-state index >= 15 is 0 Å². The number of aromatic nitrogens is 2. The average Bonchev–Trinajstić information content (AvgIpc) is 3.45. The molecule has 0 spiro atoms. The van der Waals surface area contributed by atoms with Crippen molar-refractivity contribution >= 4 is 44.9 Å². The normalized spacial score (nSPS) is 15.6. The van der Waals surface area contributed by atoms with Gasteiger partial charge in [0.1, 0.15) is 21.9 Å². The number of benzene rings is 2. The predicted molar refractivity (Wildman–Crippen MR) is 138 cm³/mol. The molecular formula is C26H24N4O2S2. The molecule has 0 saturated carbocycles. The van der Waals surface area contributed by atoms with Crippen molar-refractivity contribution in [3.63, 3.8) is 0 Å². The van der Waals surface area contributed by atoms with Gasteiger partial charge in [0.05, 0.1) is 24.6 Å². The van der Waals surface area contributed by atoms with Crippen LogP contribution in [0.15, 0.2) is 71.1 Å². The van der Waals surface area contributed by atoms with Crippen molar-refractivity contribution in [2.75, 3.05) is 12.9 Å². The van der Waals surface area contributed by atoms with E-state index in [0.717, 1.165) is 37.8 Å². The molecule has 172 valence electrons. The molecule has 0 aliphatic carbocycles. The molecule has 0 radical (unpaired) electrons. The number of rotatable bonds is 6. The van der Waals surface area contributed by atoms with Crippen LogP contribution in [0.4, 0.5) is 0 Å². The summed E-state index contributed by atoms with van der Waals surface area (Å²) in [4.78, 5) is 24.5. The highest BCUT2D eigenvalue weighted by Crippen LogP contribution is 2.37. The summed E-state index contributed by atoms with van der Waals surface area (Å²) >= 11 is 3.11. The van der Waals surface area contributed by atoms with Crippen molar-refractivity contribution in [2.45, 2.75) is 31.3 Å². The second-order valence-electron chi connectivity index (χ2n) is 8.08. The largest absolute Gasteiger partial charge is 0.497 e. The fraction of sp³-hybridized carbons (Fsp3) is 0.231. The number of aryl methyl sites for hydroxylation is 2. The van der Waals surface area contributed by atoms with Gasteiger partial charge in [0.2, 0.25) is 0 Å². The Balaban J connectivity index is 1.42. The Bertz CT molecular complexity index is 1370. The van der Waals surface area contributed by atoms with Crippen LogP contribution in [0.3, 0.4) is 0 Å². The Kier molecular flexibility index (Phi) is 6.34. The van der Waals surface area contributed by atoms with Crippen LogP contribution in [0.2, 0.25) is 0 Å². The van der Waals surface area contributed by atoms with E-state index < -0.39 is 0 Å². The van der Waals surface area contributed by atoms with E-state index in [9.17, 15) is 4.79 Å². The maximum Gasteiger partial charge on any atom is 0.253 e. The number of hydrazone groups is 1. The molecule has 8 heteroatoms. The minimum absolute atomic E-state index is 0.0480. The summed E-state index contributed by atoms with van der Waals surface area (Å²) in [7, 11) is 1.65. The highest BCUT2D eigenvalue weighted by molar-refractivity contribution is 8.00. The molecule has 0 bridgehead atoms. The van der Waals surface area contributed by atoms with Crippen LogP contribution in [-0.2, 0) is 4.79 Å². The number of methoxy groups -OCH3 is 1. The van der Waals surface area contributed by atoms with Gasteiger partial charge < -0.3 is 4.74 Å². The monoisotopic (exact) mass is 488 g/mol. The topological polar surface area (TPSA) is 67.7 Å². The maximum atomic E-state index is 13.5. The standard InChI is InChI=1S/C26H24N4O2S2/c1-16-17(2)34-26-24(16)25(27-15-28-26)33-14-23(31)30-22(19-9-11-20(32-3)12-10-19)13-21(29-30)18-7-5-4-6-8-18/h4-12,15,22H,13-14H2,1-3H3/t22-/m0/s1. The van der Waals surface area contributed by atoms with E-state index in [0.29, 0.717) is 6.42 Å². The van der Waals surface area contributed by atoms with Crippen molar-refractivity contribution in [3.8, 4) is 5.75 Å². The molecule has 4 aromatic rings. The first-order valence-corrected chi connectivity index (χ1v) is 12.8. The fourth-order valence-corrected chi connectivity index (χ4v) is 6.06. The smallest absolute Gasteiger partial charge is 0.253 e. The van der Waals surface area contributed by atoms with Crippen LogP contribution in [0.25, 0.3) is 10.2 Å². The molecule has 1 amide bonds. The number of fused-ring (bicyclic) bond motifs is 1. The Morgan fingerprint density at radius 1 is 1.12 bits per heavy atom. The number of amides is 1. The molecule has 34 heavy (non-hydrogen) atoms. The first-order chi connectivity index (χ1) is 16.5. The van der Waals surface area contributed by atoms with Crippen molar-refractivity contribution < 1.29 is 9.53 Å². The van der Waals surface area contributed by atoms with Gasteiger partial charge in [-0.1, -0.05) is 54.2 Å². The minimum Gasteiger partial charge on any atom is -0.497 e. The third-order valence-corrected chi connectivity index (χ3v) is 8.13. The van der Waals surface area contributed by atoms with Gasteiger partial charge in [-0.25, -0.2) is 15.0 Å². The molecule has 0 N–H and O–H groups in total. The molecule has 5 rings (SSSR count). The third-order valence-electron chi connectivity index (χ3n) is 6.04. The number of hydrogen-bond acceptors (Lipinski definition) is 7. The summed E-state index contributed by atoms with van der Waals surface area (Å²) in [5, 5.41) is 8.31. The molecule has 0 fully saturated rings. The molecule has 1 aliphatic rings. The molecule has 0 unspecified atom stereocenters. The summed E-state index contributed by atoms with van der Waals surface area (Å²) in [5.41, 5.74) is 4.15. The van der Waals surface area contributed by atoms with Gasteiger partial charge in [-0.05, 0) is 42.7 Å². The van der Waals surface area contributed by atoms with Crippen molar-refractivity contribution in [3.05, 3.63) is 82.5 Å². The number of thiophene rings is 1. The van der Waals surface area contributed by atoms with Crippen LogP contribution < -0.4 is 4.74 Å². The number of ether oxygens (including phenoxy) is 1. The molecule has 1 atom stereocenters. The van der Waals surface area contributed by atoms with Gasteiger partial charge in [-0.15, -0.1) is 11.3 Å². The Hall–Kier alpha value is -3.23. The van der Waals surface area contributed by atoms with E-state index in [1.807, 2.05) is 54.6 Å². The summed E-state index contributed by atoms with van der Waals surface area (Å²) in [6, 6.07) is 17.7. The zero-order valence-electron chi connectivity index (χ0n) is 19.2. The highest BCUT2D eigenvalue weighted by atomic mass is 32.2. The molecule has 6 nitrogen and oxygen atoms in total. The van der Waals surface area contributed by atoms with Crippen LogP contribution in [0.1, 0.15) is 34.0 Å². The first kappa shape index (κ1) is 22.6.